The van der Waals surface area contributed by atoms with E-state index in [1.54, 1.807) is 0 Å². The maximum Gasteiger partial charge on any atom is 0.315 e. The molecule has 0 aromatic rings. The summed E-state index contributed by atoms with van der Waals surface area (Å²) in [5.74, 6) is 3.11. The molecular formula is C15H25N3O2. The van der Waals surface area contributed by atoms with Crippen LogP contribution in [0.5, 0.6) is 0 Å². The van der Waals surface area contributed by atoms with Crippen LogP contribution >= 0.6 is 0 Å². The summed E-state index contributed by atoms with van der Waals surface area (Å²) in [6.07, 6.45) is 9.23. The monoisotopic (exact) mass is 279 g/mol. The minimum atomic E-state index is -0.257. The molecule has 112 valence electrons. The van der Waals surface area contributed by atoms with E-state index in [0.717, 1.165) is 19.3 Å². The third-order valence-corrected chi connectivity index (χ3v) is 3.55. The maximum absolute atomic E-state index is 11.6. The Morgan fingerprint density at radius 3 is 2.40 bits per heavy atom. The van der Waals surface area contributed by atoms with E-state index in [1.165, 1.54) is 0 Å². The summed E-state index contributed by atoms with van der Waals surface area (Å²) in [6, 6.07) is -0.514. The minimum absolute atomic E-state index is 0.146. The summed E-state index contributed by atoms with van der Waals surface area (Å²) >= 11 is 0. The van der Waals surface area contributed by atoms with E-state index < -0.39 is 0 Å². The fourth-order valence-electron chi connectivity index (χ4n) is 1.91. The van der Waals surface area contributed by atoms with Gasteiger partial charge in [0.15, 0.2) is 0 Å². The van der Waals surface area contributed by atoms with Crippen LogP contribution in [0.4, 0.5) is 4.79 Å². The maximum atomic E-state index is 11.6. The van der Waals surface area contributed by atoms with Crippen LogP contribution in [0.2, 0.25) is 0 Å². The first-order valence-electron chi connectivity index (χ1n) is 7.32. The Kier molecular flexibility index (Phi) is 6.92. The fraction of sp³-hybridized carbons (Fsp3) is 0.733. The Morgan fingerprint density at radius 1 is 1.25 bits per heavy atom. The third kappa shape index (κ3) is 5.52. The molecule has 0 spiro atoms. The molecule has 0 heterocycles. The van der Waals surface area contributed by atoms with E-state index in [4.69, 9.17) is 6.42 Å². The first kappa shape index (κ1) is 16.4. The topological polar surface area (TPSA) is 70.2 Å². The number of carbonyl (C=O) groups is 2. The van der Waals surface area contributed by atoms with Crippen molar-refractivity contribution in [3.63, 3.8) is 0 Å². The van der Waals surface area contributed by atoms with Crippen molar-refractivity contribution < 1.29 is 9.59 Å². The Labute approximate surface area is 121 Å². The molecule has 0 bridgehead atoms. The summed E-state index contributed by atoms with van der Waals surface area (Å²) in [5, 5.41) is 8.35. The lowest BCUT2D eigenvalue weighted by Crippen LogP contribution is -2.44. The molecule has 0 radical (unpaired) electrons. The van der Waals surface area contributed by atoms with Crippen LogP contribution in [0, 0.1) is 24.2 Å². The number of urea groups is 1. The Bertz CT molecular complexity index is 370. The van der Waals surface area contributed by atoms with Gasteiger partial charge in [0.1, 0.15) is 0 Å². The van der Waals surface area contributed by atoms with Gasteiger partial charge in [0, 0.05) is 19.0 Å². The van der Waals surface area contributed by atoms with Crippen LogP contribution < -0.4 is 16.0 Å². The molecule has 0 aromatic carbocycles. The van der Waals surface area contributed by atoms with Gasteiger partial charge in [-0.15, -0.1) is 6.42 Å². The van der Waals surface area contributed by atoms with Crippen molar-refractivity contribution in [3.8, 4) is 12.3 Å². The number of terminal acetylenes is 1. The van der Waals surface area contributed by atoms with Crippen LogP contribution in [-0.2, 0) is 4.79 Å². The first-order chi connectivity index (χ1) is 9.54. The summed E-state index contributed by atoms with van der Waals surface area (Å²) < 4.78 is 0. The van der Waals surface area contributed by atoms with E-state index >= 15 is 0 Å². The van der Waals surface area contributed by atoms with Gasteiger partial charge in [0.2, 0.25) is 5.91 Å². The van der Waals surface area contributed by atoms with Crippen molar-refractivity contribution in [1.82, 2.24) is 16.0 Å². The molecule has 1 unspecified atom stereocenters. The highest BCUT2D eigenvalue weighted by molar-refractivity contribution is 5.79. The van der Waals surface area contributed by atoms with Crippen molar-refractivity contribution in [2.75, 3.05) is 13.1 Å². The molecular weight excluding hydrogens is 254 g/mol. The predicted molar refractivity (Wildman–Crippen MR) is 79.0 cm³/mol. The molecule has 1 atom stereocenters. The van der Waals surface area contributed by atoms with Gasteiger partial charge in [-0.25, -0.2) is 4.79 Å². The molecule has 20 heavy (non-hydrogen) atoms. The Balaban J connectivity index is 2.04. The third-order valence-electron chi connectivity index (χ3n) is 3.55. The van der Waals surface area contributed by atoms with E-state index in [9.17, 15) is 9.59 Å². The molecule has 3 amide bonds. The lowest BCUT2D eigenvalue weighted by atomic mass is 9.85. The average molecular weight is 279 g/mol. The van der Waals surface area contributed by atoms with Gasteiger partial charge in [-0.05, 0) is 25.2 Å². The predicted octanol–water partition coefficient (Wildman–Crippen LogP) is 1.25. The summed E-state index contributed by atoms with van der Waals surface area (Å²) in [4.78, 5) is 23.1. The van der Waals surface area contributed by atoms with Gasteiger partial charge < -0.3 is 16.0 Å². The van der Waals surface area contributed by atoms with E-state index in [0.29, 0.717) is 19.5 Å². The average Bonchev–Trinajstić information content (AvgIpc) is 2.32. The number of carbonyl (C=O) groups excluding carboxylic acids is 2. The molecule has 1 rings (SSSR count). The number of hydrogen-bond acceptors (Lipinski definition) is 2. The van der Waals surface area contributed by atoms with Gasteiger partial charge in [0.25, 0.3) is 0 Å². The normalized spacial score (nSPS) is 15.9. The second kappa shape index (κ2) is 8.47. The molecule has 0 saturated heterocycles. The molecule has 1 aliphatic rings. The standard InChI is InChI=1S/C15H25N3O2/c1-4-13(11(2)3)18-15(20)17-10-6-9-16-14(19)12-7-5-8-12/h1,11-13H,5-10H2,2-3H3,(H,16,19)(H2,17,18,20). The van der Waals surface area contributed by atoms with Gasteiger partial charge in [-0.3, -0.25) is 4.79 Å². The lowest BCUT2D eigenvalue weighted by molar-refractivity contribution is -0.127. The molecule has 1 saturated carbocycles. The van der Waals surface area contributed by atoms with Crippen molar-refractivity contribution in [2.45, 2.75) is 45.6 Å². The molecule has 5 heteroatoms. The zero-order chi connectivity index (χ0) is 15.0. The van der Waals surface area contributed by atoms with Crippen LogP contribution in [0.1, 0.15) is 39.5 Å². The molecule has 1 aliphatic carbocycles. The van der Waals surface area contributed by atoms with E-state index in [2.05, 4.69) is 21.9 Å². The second-order valence-electron chi connectivity index (χ2n) is 5.56. The SMILES string of the molecule is C#CC(NC(=O)NCCCNC(=O)C1CCC1)C(C)C. The number of hydrogen-bond donors (Lipinski definition) is 3. The zero-order valence-corrected chi connectivity index (χ0v) is 12.4. The summed E-state index contributed by atoms with van der Waals surface area (Å²) in [5.41, 5.74) is 0. The molecule has 3 N–H and O–H groups in total. The smallest absolute Gasteiger partial charge is 0.315 e. The quantitative estimate of drug-likeness (QED) is 0.485. The summed E-state index contributed by atoms with van der Waals surface area (Å²) in [7, 11) is 0. The highest BCUT2D eigenvalue weighted by Crippen LogP contribution is 2.25. The van der Waals surface area contributed by atoms with Crippen LogP contribution in [0.15, 0.2) is 0 Å². The largest absolute Gasteiger partial charge is 0.356 e. The van der Waals surface area contributed by atoms with Crippen LogP contribution in [0.25, 0.3) is 0 Å². The number of amides is 3. The summed E-state index contributed by atoms with van der Waals surface area (Å²) in [6.45, 7) is 5.03. The second-order valence-corrected chi connectivity index (χ2v) is 5.56. The first-order valence-corrected chi connectivity index (χ1v) is 7.32. The van der Waals surface area contributed by atoms with E-state index in [-0.39, 0.29) is 29.8 Å². The lowest BCUT2D eigenvalue weighted by Gasteiger charge is -2.24. The van der Waals surface area contributed by atoms with Gasteiger partial charge in [0.05, 0.1) is 6.04 Å². The molecule has 0 aliphatic heterocycles. The number of nitrogens with one attached hydrogen (secondary N) is 3. The zero-order valence-electron chi connectivity index (χ0n) is 12.4. The fourth-order valence-corrected chi connectivity index (χ4v) is 1.91. The molecule has 5 nitrogen and oxygen atoms in total. The van der Waals surface area contributed by atoms with Crippen molar-refractivity contribution in [1.29, 1.82) is 0 Å². The van der Waals surface area contributed by atoms with E-state index in [1.807, 2.05) is 13.8 Å². The number of rotatable bonds is 7. The van der Waals surface area contributed by atoms with Gasteiger partial charge in [-0.2, -0.15) is 0 Å². The molecule has 1 fully saturated rings. The van der Waals surface area contributed by atoms with Gasteiger partial charge in [-0.1, -0.05) is 26.2 Å². The van der Waals surface area contributed by atoms with Crippen molar-refractivity contribution in [2.24, 2.45) is 11.8 Å². The van der Waals surface area contributed by atoms with Crippen molar-refractivity contribution >= 4 is 11.9 Å². The Hall–Kier alpha value is -1.70. The highest BCUT2D eigenvalue weighted by Gasteiger charge is 2.24. The molecule has 0 aromatic heterocycles. The Morgan fingerprint density at radius 2 is 1.90 bits per heavy atom. The highest BCUT2D eigenvalue weighted by atomic mass is 16.2. The van der Waals surface area contributed by atoms with Crippen LogP contribution in [-0.4, -0.2) is 31.1 Å². The van der Waals surface area contributed by atoms with Gasteiger partial charge >= 0.3 is 6.03 Å². The van der Waals surface area contributed by atoms with Crippen molar-refractivity contribution in [3.05, 3.63) is 0 Å². The van der Waals surface area contributed by atoms with Crippen LogP contribution in [0.3, 0.4) is 0 Å². The minimum Gasteiger partial charge on any atom is -0.356 e.